The highest BCUT2D eigenvalue weighted by Gasteiger charge is 2.22. The number of hydrogen-bond acceptors (Lipinski definition) is 6. The molecule has 0 bridgehead atoms. The van der Waals surface area contributed by atoms with Crippen molar-refractivity contribution in [2.75, 3.05) is 0 Å². The van der Waals surface area contributed by atoms with E-state index in [-0.39, 0.29) is 33.4 Å². The third kappa shape index (κ3) is 4.29. The SMILES string of the molecule is Cc1cc([C@@H](C)Oc2ccc(Cl)nc2C(=O)O)c2oc(-c3cncc(F)c3)c(C)c(=O)c2c1. The van der Waals surface area contributed by atoms with E-state index in [9.17, 15) is 19.1 Å². The molecule has 0 aliphatic rings. The Morgan fingerprint density at radius 2 is 1.97 bits per heavy atom. The summed E-state index contributed by atoms with van der Waals surface area (Å²) in [4.78, 5) is 32.4. The molecule has 0 aliphatic heterocycles. The van der Waals surface area contributed by atoms with Gasteiger partial charge in [-0.2, -0.15) is 0 Å². The monoisotopic (exact) mass is 468 g/mol. The number of aromatic carboxylic acids is 1. The molecule has 3 heterocycles. The number of rotatable bonds is 5. The van der Waals surface area contributed by atoms with Crippen molar-refractivity contribution in [2.24, 2.45) is 0 Å². The summed E-state index contributed by atoms with van der Waals surface area (Å²) in [5.41, 5.74) is 1.58. The maximum Gasteiger partial charge on any atom is 0.358 e. The summed E-state index contributed by atoms with van der Waals surface area (Å²) in [6, 6.07) is 7.55. The lowest BCUT2D eigenvalue weighted by atomic mass is 10.00. The maximum atomic E-state index is 13.8. The number of carbonyl (C=O) groups is 1. The Kier molecular flexibility index (Phi) is 5.86. The van der Waals surface area contributed by atoms with Crippen molar-refractivity contribution in [3.05, 3.63) is 86.3 Å². The standard InChI is InChI=1S/C24H18ClFN2O5/c1-11-6-16(13(3)32-18-4-5-19(25)28-20(18)24(30)31)23-17(7-11)21(29)12(2)22(33-23)14-8-15(26)10-27-9-14/h4-10,13H,1-3H3,(H,30,31)/t13-/m1/s1. The van der Waals surface area contributed by atoms with Gasteiger partial charge in [0, 0.05) is 22.9 Å². The summed E-state index contributed by atoms with van der Waals surface area (Å²) in [5, 5.41) is 9.79. The number of halogens is 2. The molecule has 1 N–H and O–H groups in total. The Morgan fingerprint density at radius 3 is 2.67 bits per heavy atom. The highest BCUT2D eigenvalue weighted by atomic mass is 35.5. The Bertz CT molecular complexity index is 1470. The van der Waals surface area contributed by atoms with Crippen LogP contribution in [-0.2, 0) is 0 Å². The molecule has 33 heavy (non-hydrogen) atoms. The molecule has 0 amide bonds. The van der Waals surface area contributed by atoms with E-state index < -0.39 is 17.9 Å². The van der Waals surface area contributed by atoms with E-state index >= 15 is 0 Å². The van der Waals surface area contributed by atoms with Gasteiger partial charge in [0.25, 0.3) is 0 Å². The number of carboxylic acids is 1. The second-order valence-electron chi connectivity index (χ2n) is 7.55. The normalized spacial score (nSPS) is 12.0. The molecule has 4 rings (SSSR count). The average molecular weight is 469 g/mol. The number of ether oxygens (including phenoxy) is 1. The molecule has 0 saturated heterocycles. The van der Waals surface area contributed by atoms with E-state index in [2.05, 4.69) is 9.97 Å². The Labute approximate surface area is 192 Å². The predicted molar refractivity (Wildman–Crippen MR) is 120 cm³/mol. The quantitative estimate of drug-likeness (QED) is 0.386. The second kappa shape index (κ2) is 8.63. The number of hydrogen-bond donors (Lipinski definition) is 1. The van der Waals surface area contributed by atoms with E-state index in [0.717, 1.165) is 11.8 Å². The van der Waals surface area contributed by atoms with E-state index in [4.69, 9.17) is 20.8 Å². The molecule has 0 aliphatic carbocycles. The highest BCUT2D eigenvalue weighted by Crippen LogP contribution is 2.33. The van der Waals surface area contributed by atoms with Crippen LogP contribution in [0.3, 0.4) is 0 Å². The Hall–Kier alpha value is -3.78. The summed E-state index contributed by atoms with van der Waals surface area (Å²) in [7, 11) is 0. The van der Waals surface area contributed by atoms with E-state index in [1.807, 2.05) is 6.92 Å². The lowest BCUT2D eigenvalue weighted by Gasteiger charge is -2.19. The molecule has 168 valence electrons. The highest BCUT2D eigenvalue weighted by molar-refractivity contribution is 6.29. The van der Waals surface area contributed by atoms with Gasteiger partial charge in [-0.1, -0.05) is 11.6 Å². The number of nitrogens with zero attached hydrogens (tertiary/aromatic N) is 2. The number of benzene rings is 1. The zero-order chi connectivity index (χ0) is 23.9. The fourth-order valence-corrected chi connectivity index (χ4v) is 3.75. The molecule has 0 saturated carbocycles. The summed E-state index contributed by atoms with van der Waals surface area (Å²) >= 11 is 5.82. The van der Waals surface area contributed by atoms with Crippen molar-refractivity contribution in [1.29, 1.82) is 0 Å². The van der Waals surface area contributed by atoms with Gasteiger partial charge in [0.2, 0.25) is 0 Å². The fraction of sp³-hybridized carbons (Fsp3) is 0.167. The first-order valence-electron chi connectivity index (χ1n) is 9.91. The summed E-state index contributed by atoms with van der Waals surface area (Å²) in [5.74, 6) is -1.65. The molecule has 0 radical (unpaired) electrons. The van der Waals surface area contributed by atoms with Crippen LogP contribution < -0.4 is 10.2 Å². The van der Waals surface area contributed by atoms with Gasteiger partial charge < -0.3 is 14.3 Å². The lowest BCUT2D eigenvalue weighted by molar-refractivity contribution is 0.0682. The number of aromatic nitrogens is 2. The third-order valence-electron chi connectivity index (χ3n) is 5.13. The van der Waals surface area contributed by atoms with Gasteiger partial charge in [-0.15, -0.1) is 0 Å². The van der Waals surface area contributed by atoms with Gasteiger partial charge in [0.15, 0.2) is 16.9 Å². The summed E-state index contributed by atoms with van der Waals surface area (Å²) in [6.45, 7) is 5.12. The summed E-state index contributed by atoms with van der Waals surface area (Å²) < 4.78 is 25.8. The molecule has 1 atom stereocenters. The van der Waals surface area contributed by atoms with Crippen molar-refractivity contribution in [1.82, 2.24) is 9.97 Å². The molecule has 0 unspecified atom stereocenters. The Morgan fingerprint density at radius 1 is 1.21 bits per heavy atom. The molecule has 0 fully saturated rings. The largest absolute Gasteiger partial charge is 0.483 e. The lowest BCUT2D eigenvalue weighted by Crippen LogP contribution is -2.13. The van der Waals surface area contributed by atoms with Crippen LogP contribution in [-0.4, -0.2) is 21.0 Å². The first-order valence-corrected chi connectivity index (χ1v) is 10.3. The minimum atomic E-state index is -1.29. The molecule has 9 heteroatoms. The van der Waals surface area contributed by atoms with Gasteiger partial charge in [0.1, 0.15) is 28.4 Å². The third-order valence-corrected chi connectivity index (χ3v) is 5.34. The molecule has 7 nitrogen and oxygen atoms in total. The first kappa shape index (κ1) is 22.4. The number of carboxylic acid groups (broad SMARTS) is 1. The van der Waals surface area contributed by atoms with Crippen LogP contribution in [0.25, 0.3) is 22.3 Å². The van der Waals surface area contributed by atoms with Crippen molar-refractivity contribution < 1.29 is 23.4 Å². The zero-order valence-corrected chi connectivity index (χ0v) is 18.6. The van der Waals surface area contributed by atoms with Gasteiger partial charge in [-0.05, 0) is 56.7 Å². The second-order valence-corrected chi connectivity index (χ2v) is 7.94. The minimum Gasteiger partial charge on any atom is -0.483 e. The minimum absolute atomic E-state index is 0.0121. The number of aryl methyl sites for hydroxylation is 1. The van der Waals surface area contributed by atoms with Gasteiger partial charge >= 0.3 is 5.97 Å². The van der Waals surface area contributed by atoms with Crippen molar-refractivity contribution >= 4 is 28.5 Å². The number of pyridine rings is 2. The topological polar surface area (TPSA) is 103 Å². The Balaban J connectivity index is 1.89. The summed E-state index contributed by atoms with van der Waals surface area (Å²) in [6.07, 6.45) is 1.74. The zero-order valence-electron chi connectivity index (χ0n) is 17.8. The van der Waals surface area contributed by atoms with Crippen LogP contribution in [0.15, 0.2) is 51.9 Å². The van der Waals surface area contributed by atoms with Crippen molar-refractivity contribution in [2.45, 2.75) is 26.9 Å². The van der Waals surface area contributed by atoms with Crippen LogP contribution in [0.5, 0.6) is 5.75 Å². The molecule has 3 aromatic heterocycles. The van der Waals surface area contributed by atoms with Crippen LogP contribution in [0.2, 0.25) is 5.15 Å². The van der Waals surface area contributed by atoms with Crippen LogP contribution in [0.4, 0.5) is 4.39 Å². The van der Waals surface area contributed by atoms with Crippen molar-refractivity contribution in [3.63, 3.8) is 0 Å². The molecule has 4 aromatic rings. The molecule has 0 spiro atoms. The number of fused-ring (bicyclic) bond motifs is 1. The van der Waals surface area contributed by atoms with Crippen LogP contribution >= 0.6 is 11.6 Å². The predicted octanol–water partition coefficient (Wildman–Crippen LogP) is 5.50. The first-order chi connectivity index (χ1) is 15.7. The van der Waals surface area contributed by atoms with Crippen LogP contribution in [0.1, 0.15) is 40.2 Å². The fourth-order valence-electron chi connectivity index (χ4n) is 3.61. The smallest absolute Gasteiger partial charge is 0.358 e. The molecular formula is C24H18ClFN2O5. The van der Waals surface area contributed by atoms with Gasteiger partial charge in [0.05, 0.1) is 11.6 Å². The van der Waals surface area contributed by atoms with Crippen molar-refractivity contribution in [3.8, 4) is 17.1 Å². The maximum absolute atomic E-state index is 13.8. The van der Waals surface area contributed by atoms with E-state index in [1.165, 1.54) is 24.4 Å². The molecule has 1 aromatic carbocycles. The molecular weight excluding hydrogens is 451 g/mol. The van der Waals surface area contributed by atoms with Gasteiger partial charge in [-0.25, -0.2) is 14.2 Å². The van der Waals surface area contributed by atoms with E-state index in [1.54, 1.807) is 26.0 Å². The average Bonchev–Trinajstić information content (AvgIpc) is 2.77. The van der Waals surface area contributed by atoms with Crippen LogP contribution in [0, 0.1) is 19.7 Å². The van der Waals surface area contributed by atoms with Gasteiger partial charge in [-0.3, -0.25) is 9.78 Å². The van der Waals surface area contributed by atoms with E-state index in [0.29, 0.717) is 22.1 Å².